The summed E-state index contributed by atoms with van der Waals surface area (Å²) in [6.45, 7) is 5.12. The lowest BCUT2D eigenvalue weighted by Gasteiger charge is -2.34. The smallest absolute Gasteiger partial charge is 0.234 e. The fourth-order valence-electron chi connectivity index (χ4n) is 3.41. The summed E-state index contributed by atoms with van der Waals surface area (Å²) in [5.41, 5.74) is 0.808. The Morgan fingerprint density at radius 1 is 1.17 bits per heavy atom. The van der Waals surface area contributed by atoms with Crippen LogP contribution in [0.3, 0.4) is 0 Å². The third-order valence-electron chi connectivity index (χ3n) is 4.95. The van der Waals surface area contributed by atoms with Crippen LogP contribution < -0.4 is 14.8 Å². The molecule has 1 N–H and O–H groups in total. The first-order valence-electron chi connectivity index (χ1n) is 9.90. The third kappa shape index (κ3) is 6.22. The molecule has 3 rings (SSSR count). The Morgan fingerprint density at radius 3 is 2.69 bits per heavy atom. The third-order valence-corrected chi connectivity index (χ3v) is 5.23. The first-order chi connectivity index (χ1) is 14.1. The van der Waals surface area contributed by atoms with Gasteiger partial charge < -0.3 is 24.4 Å². The summed E-state index contributed by atoms with van der Waals surface area (Å²) in [4.78, 5) is 28.5. The minimum absolute atomic E-state index is 0.00630. The Kier molecular flexibility index (Phi) is 7.97. The van der Waals surface area contributed by atoms with E-state index in [9.17, 15) is 9.59 Å². The van der Waals surface area contributed by atoms with Gasteiger partial charge >= 0.3 is 0 Å². The maximum Gasteiger partial charge on any atom is 0.234 e. The van der Waals surface area contributed by atoms with Crippen LogP contribution in [0, 0.1) is 0 Å². The molecule has 2 heterocycles. The van der Waals surface area contributed by atoms with E-state index in [1.807, 2.05) is 11.0 Å². The number of methoxy groups -OCH3 is 1. The van der Waals surface area contributed by atoms with Gasteiger partial charge in [-0.15, -0.1) is 0 Å². The van der Waals surface area contributed by atoms with Crippen molar-refractivity contribution in [3.63, 3.8) is 0 Å². The SMILES string of the molecule is COCCCNC(=O)CN1CCN(C(=O)Cc2cc(Cl)c3c(c2)OCCO3)CC1. The first-order valence-corrected chi connectivity index (χ1v) is 10.3. The van der Waals surface area contributed by atoms with E-state index >= 15 is 0 Å². The Balaban J connectivity index is 1.43. The molecule has 1 fully saturated rings. The molecule has 0 bridgehead atoms. The number of amides is 2. The number of benzene rings is 1. The highest BCUT2D eigenvalue weighted by atomic mass is 35.5. The second kappa shape index (κ2) is 10.7. The van der Waals surface area contributed by atoms with Crippen molar-refractivity contribution < 1.29 is 23.8 Å². The van der Waals surface area contributed by atoms with Crippen LogP contribution in [0.4, 0.5) is 0 Å². The predicted molar refractivity (Wildman–Crippen MR) is 109 cm³/mol. The molecular weight excluding hydrogens is 398 g/mol. The molecule has 29 heavy (non-hydrogen) atoms. The summed E-state index contributed by atoms with van der Waals surface area (Å²) >= 11 is 6.26. The molecule has 2 aliphatic rings. The lowest BCUT2D eigenvalue weighted by atomic mass is 10.1. The zero-order valence-corrected chi connectivity index (χ0v) is 17.5. The zero-order valence-electron chi connectivity index (χ0n) is 16.7. The maximum absolute atomic E-state index is 12.7. The van der Waals surface area contributed by atoms with Gasteiger partial charge in [-0.05, 0) is 24.1 Å². The molecule has 0 spiro atoms. The van der Waals surface area contributed by atoms with Gasteiger partial charge in [0.05, 0.1) is 18.0 Å². The molecule has 8 nitrogen and oxygen atoms in total. The van der Waals surface area contributed by atoms with Crippen molar-refractivity contribution in [2.75, 3.05) is 66.2 Å². The summed E-state index contributed by atoms with van der Waals surface area (Å²) in [5, 5.41) is 3.35. The van der Waals surface area contributed by atoms with E-state index in [1.54, 1.807) is 13.2 Å². The van der Waals surface area contributed by atoms with Crippen LogP contribution in [0.15, 0.2) is 12.1 Å². The second-order valence-electron chi connectivity index (χ2n) is 7.13. The van der Waals surface area contributed by atoms with E-state index < -0.39 is 0 Å². The second-order valence-corrected chi connectivity index (χ2v) is 7.54. The Morgan fingerprint density at radius 2 is 1.93 bits per heavy atom. The van der Waals surface area contributed by atoms with Gasteiger partial charge in [0.25, 0.3) is 0 Å². The normalized spacial score (nSPS) is 16.6. The molecule has 0 aromatic heterocycles. The monoisotopic (exact) mass is 425 g/mol. The Bertz CT molecular complexity index is 722. The number of hydrogen-bond acceptors (Lipinski definition) is 6. The molecule has 1 saturated heterocycles. The molecule has 0 unspecified atom stereocenters. The van der Waals surface area contributed by atoms with Crippen LogP contribution in [-0.2, 0) is 20.7 Å². The van der Waals surface area contributed by atoms with Crippen molar-refractivity contribution in [3.05, 3.63) is 22.7 Å². The number of piperazine rings is 1. The summed E-state index contributed by atoms with van der Waals surface area (Å²) in [7, 11) is 1.64. The number of ether oxygens (including phenoxy) is 3. The predicted octanol–water partition coefficient (Wildman–Crippen LogP) is 0.951. The highest BCUT2D eigenvalue weighted by Crippen LogP contribution is 2.38. The molecule has 0 radical (unpaired) electrons. The number of fused-ring (bicyclic) bond motifs is 1. The number of carbonyl (C=O) groups excluding carboxylic acids is 2. The molecule has 9 heteroatoms. The molecule has 2 amide bonds. The van der Waals surface area contributed by atoms with Crippen molar-refractivity contribution in [1.29, 1.82) is 0 Å². The molecule has 1 aromatic carbocycles. The Hall–Kier alpha value is -2.03. The van der Waals surface area contributed by atoms with E-state index in [0.29, 0.717) is 75.6 Å². The van der Waals surface area contributed by atoms with Gasteiger partial charge in [-0.3, -0.25) is 14.5 Å². The standard InChI is InChI=1S/C20H28ClN3O5/c1-27-8-2-3-22-18(25)14-23-4-6-24(7-5-23)19(26)13-15-11-16(21)20-17(12-15)28-9-10-29-20/h11-12H,2-10,13-14H2,1H3,(H,22,25). The minimum atomic E-state index is 0.00630. The molecule has 160 valence electrons. The number of nitrogens with one attached hydrogen (secondary N) is 1. The highest BCUT2D eigenvalue weighted by molar-refractivity contribution is 6.32. The molecular formula is C20H28ClN3O5. The van der Waals surface area contributed by atoms with Crippen LogP contribution in [0.2, 0.25) is 5.02 Å². The summed E-state index contributed by atoms with van der Waals surface area (Å²) in [5.74, 6) is 1.18. The minimum Gasteiger partial charge on any atom is -0.486 e. The van der Waals surface area contributed by atoms with Crippen molar-refractivity contribution in [3.8, 4) is 11.5 Å². The van der Waals surface area contributed by atoms with Gasteiger partial charge in [0.2, 0.25) is 11.8 Å². The van der Waals surface area contributed by atoms with Crippen molar-refractivity contribution >= 4 is 23.4 Å². The maximum atomic E-state index is 12.7. The lowest BCUT2D eigenvalue weighted by molar-refractivity contribution is -0.132. The lowest BCUT2D eigenvalue weighted by Crippen LogP contribution is -2.51. The summed E-state index contributed by atoms with van der Waals surface area (Å²) < 4.78 is 16.1. The summed E-state index contributed by atoms with van der Waals surface area (Å²) in [6, 6.07) is 3.58. The number of rotatable bonds is 8. The van der Waals surface area contributed by atoms with Gasteiger partial charge in [-0.25, -0.2) is 0 Å². The van der Waals surface area contributed by atoms with E-state index in [-0.39, 0.29) is 18.2 Å². The van der Waals surface area contributed by atoms with E-state index in [0.717, 1.165) is 12.0 Å². The topological polar surface area (TPSA) is 80.3 Å². The van der Waals surface area contributed by atoms with Crippen molar-refractivity contribution in [2.24, 2.45) is 0 Å². The highest BCUT2D eigenvalue weighted by Gasteiger charge is 2.24. The fourth-order valence-corrected chi connectivity index (χ4v) is 3.70. The molecule has 0 aliphatic carbocycles. The summed E-state index contributed by atoms with van der Waals surface area (Å²) in [6.07, 6.45) is 1.06. The van der Waals surface area contributed by atoms with E-state index in [1.165, 1.54) is 0 Å². The van der Waals surface area contributed by atoms with Crippen LogP contribution in [0.25, 0.3) is 0 Å². The van der Waals surface area contributed by atoms with Crippen LogP contribution in [0.1, 0.15) is 12.0 Å². The Labute approximate surface area is 176 Å². The quantitative estimate of drug-likeness (QED) is 0.625. The largest absolute Gasteiger partial charge is 0.486 e. The van der Waals surface area contributed by atoms with Gasteiger partial charge in [-0.1, -0.05) is 11.6 Å². The van der Waals surface area contributed by atoms with Gasteiger partial charge in [0.1, 0.15) is 13.2 Å². The fraction of sp³-hybridized carbons (Fsp3) is 0.600. The molecule has 2 aliphatic heterocycles. The van der Waals surface area contributed by atoms with Gasteiger partial charge in [0, 0.05) is 46.4 Å². The number of hydrogen-bond donors (Lipinski definition) is 1. The molecule has 0 atom stereocenters. The van der Waals surface area contributed by atoms with Gasteiger partial charge in [0.15, 0.2) is 11.5 Å². The zero-order chi connectivity index (χ0) is 20.6. The average Bonchev–Trinajstić information content (AvgIpc) is 2.72. The number of halogens is 1. The number of carbonyl (C=O) groups is 2. The van der Waals surface area contributed by atoms with Crippen LogP contribution in [-0.4, -0.2) is 87.8 Å². The van der Waals surface area contributed by atoms with E-state index in [2.05, 4.69) is 10.2 Å². The number of nitrogens with zero attached hydrogens (tertiary/aromatic N) is 2. The van der Waals surface area contributed by atoms with Crippen LogP contribution >= 0.6 is 11.6 Å². The van der Waals surface area contributed by atoms with E-state index in [4.69, 9.17) is 25.8 Å². The van der Waals surface area contributed by atoms with Crippen molar-refractivity contribution in [2.45, 2.75) is 12.8 Å². The molecule has 1 aromatic rings. The van der Waals surface area contributed by atoms with Crippen LogP contribution in [0.5, 0.6) is 11.5 Å². The molecule has 0 saturated carbocycles. The van der Waals surface area contributed by atoms with Gasteiger partial charge in [-0.2, -0.15) is 0 Å². The first kappa shape index (κ1) is 21.7. The van der Waals surface area contributed by atoms with Crippen molar-refractivity contribution in [1.82, 2.24) is 15.1 Å². The average molecular weight is 426 g/mol.